The molecule has 1 fully saturated rings. The number of hydrogen-bond acceptors (Lipinski definition) is 8. The van der Waals surface area contributed by atoms with Crippen LogP contribution >= 0.6 is 11.8 Å². The largest absolute Gasteiger partial charge is 0.497 e. The van der Waals surface area contributed by atoms with Crippen molar-refractivity contribution in [1.29, 1.82) is 5.26 Å². The molecule has 1 aliphatic rings. The zero-order chi connectivity index (χ0) is 23.4. The van der Waals surface area contributed by atoms with Gasteiger partial charge in [0.25, 0.3) is 0 Å². The number of benzene rings is 1. The third kappa shape index (κ3) is 4.86. The minimum Gasteiger partial charge on any atom is -0.497 e. The lowest BCUT2D eigenvalue weighted by Crippen LogP contribution is -2.19. The summed E-state index contributed by atoms with van der Waals surface area (Å²) in [6.45, 7) is 5.11. The average molecular weight is 468 g/mol. The molecule has 2 aromatic heterocycles. The van der Waals surface area contributed by atoms with Crippen LogP contribution in [-0.4, -0.2) is 56.3 Å². The summed E-state index contributed by atoms with van der Waals surface area (Å²) >= 11 is 1.25. The molecule has 0 spiro atoms. The molecular formula is C22H25N7O3S. The zero-order valence-electron chi connectivity index (χ0n) is 18.7. The Hall–Kier alpha value is -3.36. The molecular weight excluding hydrogens is 442 g/mol. The summed E-state index contributed by atoms with van der Waals surface area (Å²) in [5.74, 6) is 1.02. The van der Waals surface area contributed by atoms with Gasteiger partial charge >= 0.3 is 0 Å². The van der Waals surface area contributed by atoms with Crippen LogP contribution in [0, 0.1) is 25.2 Å². The Morgan fingerprint density at radius 2 is 2.15 bits per heavy atom. The molecule has 1 atom stereocenters. The lowest BCUT2D eigenvalue weighted by Gasteiger charge is -2.14. The Kier molecular flexibility index (Phi) is 6.96. The van der Waals surface area contributed by atoms with Gasteiger partial charge in [-0.3, -0.25) is 9.36 Å². The number of tetrazole rings is 1. The van der Waals surface area contributed by atoms with Crippen LogP contribution in [-0.2, 0) is 16.1 Å². The van der Waals surface area contributed by atoms with Crippen molar-refractivity contribution in [3.63, 3.8) is 0 Å². The first-order valence-corrected chi connectivity index (χ1v) is 11.6. The van der Waals surface area contributed by atoms with Gasteiger partial charge in [0.1, 0.15) is 17.6 Å². The summed E-state index contributed by atoms with van der Waals surface area (Å²) in [6.07, 6.45) is 2.10. The lowest BCUT2D eigenvalue weighted by atomic mass is 10.2. The molecule has 1 amide bonds. The van der Waals surface area contributed by atoms with E-state index in [2.05, 4.69) is 26.9 Å². The maximum Gasteiger partial charge on any atom is 0.236 e. The molecule has 10 nitrogen and oxygen atoms in total. The normalized spacial score (nSPS) is 15.4. The molecule has 1 N–H and O–H groups in total. The highest BCUT2D eigenvalue weighted by atomic mass is 32.2. The van der Waals surface area contributed by atoms with Gasteiger partial charge in [-0.25, -0.2) is 4.68 Å². The zero-order valence-corrected chi connectivity index (χ0v) is 19.6. The average Bonchev–Trinajstić information content (AvgIpc) is 3.55. The predicted molar refractivity (Wildman–Crippen MR) is 123 cm³/mol. The van der Waals surface area contributed by atoms with E-state index in [1.54, 1.807) is 11.8 Å². The number of carbonyl (C=O) groups is 1. The van der Waals surface area contributed by atoms with Crippen molar-refractivity contribution in [3.8, 4) is 17.5 Å². The van der Waals surface area contributed by atoms with E-state index in [1.807, 2.05) is 42.7 Å². The van der Waals surface area contributed by atoms with Crippen LogP contribution in [0.4, 0.5) is 5.82 Å². The summed E-state index contributed by atoms with van der Waals surface area (Å²) in [7, 11) is 1.61. The number of nitrogens with zero attached hydrogens (tertiary/aromatic N) is 6. The van der Waals surface area contributed by atoms with Crippen LogP contribution in [0.1, 0.15) is 29.7 Å². The second kappa shape index (κ2) is 10.1. The fourth-order valence-electron chi connectivity index (χ4n) is 3.81. The molecule has 3 heterocycles. The second-order valence-electron chi connectivity index (χ2n) is 7.69. The predicted octanol–water partition coefficient (Wildman–Crippen LogP) is 2.87. The molecule has 1 saturated heterocycles. The highest BCUT2D eigenvalue weighted by molar-refractivity contribution is 7.99. The van der Waals surface area contributed by atoms with Gasteiger partial charge in [-0.2, -0.15) is 5.26 Å². The van der Waals surface area contributed by atoms with Crippen LogP contribution in [0.25, 0.3) is 5.69 Å². The number of methoxy groups -OCH3 is 1. The molecule has 1 aliphatic heterocycles. The standard InChI is InChI=1S/C22H25N7O3S/c1-14-15(2)29(16-6-8-17(31-3)9-7-16)21(19(14)11-23)24-20(30)13-33-22-25-26-27-28(22)12-18-5-4-10-32-18/h6-9,18H,4-5,10,12-13H2,1-3H3,(H,24,30). The second-order valence-corrected chi connectivity index (χ2v) is 8.64. The number of rotatable bonds is 8. The van der Waals surface area contributed by atoms with Crippen molar-refractivity contribution in [1.82, 2.24) is 24.8 Å². The third-order valence-electron chi connectivity index (χ3n) is 5.65. The van der Waals surface area contributed by atoms with E-state index in [-0.39, 0.29) is 17.8 Å². The molecule has 0 radical (unpaired) electrons. The number of nitriles is 1. The van der Waals surface area contributed by atoms with Crippen molar-refractivity contribution in [2.24, 2.45) is 0 Å². The van der Waals surface area contributed by atoms with Gasteiger partial charge < -0.3 is 14.8 Å². The number of anilines is 1. The molecule has 0 aliphatic carbocycles. The first-order chi connectivity index (χ1) is 16.0. The number of ether oxygens (including phenoxy) is 2. The number of carbonyl (C=O) groups excluding carboxylic acids is 1. The van der Waals surface area contributed by atoms with Gasteiger partial charge in [-0.1, -0.05) is 11.8 Å². The molecule has 1 unspecified atom stereocenters. The Bertz CT molecular complexity index is 1170. The molecule has 3 aromatic rings. The first-order valence-electron chi connectivity index (χ1n) is 10.6. The Morgan fingerprint density at radius 3 is 2.82 bits per heavy atom. The molecule has 11 heteroatoms. The molecule has 0 saturated carbocycles. The van der Waals surface area contributed by atoms with Crippen LogP contribution in [0.5, 0.6) is 5.75 Å². The maximum atomic E-state index is 12.9. The monoisotopic (exact) mass is 467 g/mol. The van der Waals surface area contributed by atoms with Gasteiger partial charge in [0.05, 0.1) is 31.1 Å². The van der Waals surface area contributed by atoms with E-state index in [4.69, 9.17) is 9.47 Å². The summed E-state index contributed by atoms with van der Waals surface area (Å²) in [6, 6.07) is 9.67. The van der Waals surface area contributed by atoms with Crippen molar-refractivity contribution < 1.29 is 14.3 Å². The summed E-state index contributed by atoms with van der Waals surface area (Å²) in [5, 5.41) is 25.0. The van der Waals surface area contributed by atoms with Crippen LogP contribution < -0.4 is 10.1 Å². The Balaban J connectivity index is 1.50. The minimum absolute atomic E-state index is 0.0959. The van der Waals surface area contributed by atoms with Gasteiger partial charge in [0, 0.05) is 18.0 Å². The highest BCUT2D eigenvalue weighted by Crippen LogP contribution is 2.31. The fourth-order valence-corrected chi connectivity index (χ4v) is 4.50. The SMILES string of the molecule is COc1ccc(-n2c(C)c(C)c(C#N)c2NC(=O)CSc2nnnn2CC2CCCO2)cc1. The van der Waals surface area contributed by atoms with E-state index >= 15 is 0 Å². The highest BCUT2D eigenvalue weighted by Gasteiger charge is 2.22. The van der Waals surface area contributed by atoms with E-state index in [9.17, 15) is 10.1 Å². The van der Waals surface area contributed by atoms with Gasteiger partial charge in [-0.05, 0) is 66.9 Å². The number of aromatic nitrogens is 5. The lowest BCUT2D eigenvalue weighted by molar-refractivity contribution is -0.113. The molecule has 1 aromatic carbocycles. The Morgan fingerprint density at radius 1 is 1.36 bits per heavy atom. The van der Waals surface area contributed by atoms with E-state index < -0.39 is 0 Å². The minimum atomic E-state index is -0.254. The van der Waals surface area contributed by atoms with Gasteiger partial charge in [0.15, 0.2) is 0 Å². The summed E-state index contributed by atoms with van der Waals surface area (Å²) in [4.78, 5) is 12.9. The van der Waals surface area contributed by atoms with Crippen molar-refractivity contribution in [2.75, 3.05) is 24.8 Å². The van der Waals surface area contributed by atoms with E-state index in [0.717, 1.165) is 42.1 Å². The maximum absolute atomic E-state index is 12.9. The van der Waals surface area contributed by atoms with Crippen LogP contribution in [0.3, 0.4) is 0 Å². The van der Waals surface area contributed by atoms with E-state index in [0.29, 0.717) is 23.1 Å². The van der Waals surface area contributed by atoms with Gasteiger partial charge in [-0.15, -0.1) is 5.10 Å². The smallest absolute Gasteiger partial charge is 0.236 e. The quantitative estimate of drug-likeness (QED) is 0.502. The summed E-state index contributed by atoms with van der Waals surface area (Å²) < 4.78 is 14.4. The Labute approximate surface area is 195 Å². The molecule has 0 bridgehead atoms. The molecule has 4 rings (SSSR count). The van der Waals surface area contributed by atoms with Crippen molar-refractivity contribution in [2.45, 2.75) is 44.5 Å². The molecule has 33 heavy (non-hydrogen) atoms. The third-order valence-corrected chi connectivity index (χ3v) is 6.60. The number of nitrogens with one attached hydrogen (secondary N) is 1. The molecule has 172 valence electrons. The van der Waals surface area contributed by atoms with Crippen LogP contribution in [0.15, 0.2) is 29.4 Å². The van der Waals surface area contributed by atoms with Gasteiger partial charge in [0.2, 0.25) is 11.1 Å². The van der Waals surface area contributed by atoms with Crippen LogP contribution in [0.2, 0.25) is 0 Å². The topological polar surface area (TPSA) is 120 Å². The summed E-state index contributed by atoms with van der Waals surface area (Å²) in [5.41, 5.74) is 2.95. The van der Waals surface area contributed by atoms with E-state index in [1.165, 1.54) is 11.8 Å². The van der Waals surface area contributed by atoms with Crippen molar-refractivity contribution in [3.05, 3.63) is 41.1 Å². The number of amides is 1. The van der Waals surface area contributed by atoms with Crippen molar-refractivity contribution >= 4 is 23.5 Å². The first kappa shape index (κ1) is 22.8. The number of hydrogen-bond donors (Lipinski definition) is 1. The number of thioether (sulfide) groups is 1. The fraction of sp³-hybridized carbons (Fsp3) is 0.409.